The minimum Gasteiger partial charge on any atom is -0.494 e. The molecule has 0 fully saturated rings. The van der Waals surface area contributed by atoms with E-state index in [1.54, 1.807) is 0 Å². The van der Waals surface area contributed by atoms with Crippen LogP contribution in [0, 0.1) is 0 Å². The third-order valence-corrected chi connectivity index (χ3v) is 3.46. The summed E-state index contributed by atoms with van der Waals surface area (Å²) in [6, 6.07) is 17.0. The molecule has 0 spiro atoms. The van der Waals surface area contributed by atoms with Gasteiger partial charge in [-0.25, -0.2) is 0 Å². The fourth-order valence-corrected chi connectivity index (χ4v) is 2.21. The fraction of sp³-hybridized carbons (Fsp3) is 0.333. The minimum absolute atomic E-state index is 0.255. The molecule has 0 aliphatic carbocycles. The van der Waals surface area contributed by atoms with Gasteiger partial charge in [0.05, 0.1) is 6.61 Å². The molecule has 2 aromatic carbocycles. The molecular formula is C18H24N2O. The average molecular weight is 284 g/mol. The van der Waals surface area contributed by atoms with E-state index in [4.69, 9.17) is 4.74 Å². The highest BCUT2D eigenvalue weighted by Crippen LogP contribution is 2.23. The molecule has 2 aromatic rings. The van der Waals surface area contributed by atoms with Crippen molar-refractivity contribution >= 4 is 11.4 Å². The predicted molar refractivity (Wildman–Crippen MR) is 90.4 cm³/mol. The van der Waals surface area contributed by atoms with E-state index in [2.05, 4.69) is 53.5 Å². The lowest BCUT2D eigenvalue weighted by molar-refractivity contribution is 0.340. The van der Waals surface area contributed by atoms with Crippen molar-refractivity contribution in [2.75, 3.05) is 30.9 Å². The van der Waals surface area contributed by atoms with E-state index in [9.17, 15) is 0 Å². The van der Waals surface area contributed by atoms with E-state index in [0.29, 0.717) is 6.61 Å². The van der Waals surface area contributed by atoms with E-state index in [1.165, 1.54) is 11.3 Å². The van der Waals surface area contributed by atoms with Gasteiger partial charge in [0.25, 0.3) is 0 Å². The highest BCUT2D eigenvalue weighted by molar-refractivity contribution is 5.55. The Bertz CT molecular complexity index is 546. The average Bonchev–Trinajstić information content (AvgIpc) is 2.49. The van der Waals surface area contributed by atoms with E-state index in [1.807, 2.05) is 33.2 Å². The summed E-state index contributed by atoms with van der Waals surface area (Å²) in [5.74, 6) is 0.920. The SMILES string of the molecule is CCOc1ccc(C(C)Nc2ccc(N(C)C)cc2)cc1. The quantitative estimate of drug-likeness (QED) is 0.854. The lowest BCUT2D eigenvalue weighted by Gasteiger charge is -2.18. The molecule has 0 amide bonds. The largest absolute Gasteiger partial charge is 0.494 e. The molecule has 1 N–H and O–H groups in total. The van der Waals surface area contributed by atoms with E-state index in [0.717, 1.165) is 11.4 Å². The summed E-state index contributed by atoms with van der Waals surface area (Å²) < 4.78 is 5.47. The maximum Gasteiger partial charge on any atom is 0.119 e. The zero-order valence-corrected chi connectivity index (χ0v) is 13.3. The summed E-state index contributed by atoms with van der Waals surface area (Å²) >= 11 is 0. The number of rotatable bonds is 6. The van der Waals surface area contributed by atoms with Crippen LogP contribution in [0.4, 0.5) is 11.4 Å². The third kappa shape index (κ3) is 4.15. The Morgan fingerprint density at radius 3 is 2.14 bits per heavy atom. The second kappa shape index (κ2) is 7.02. The van der Waals surface area contributed by atoms with E-state index < -0.39 is 0 Å². The molecule has 0 aliphatic heterocycles. The molecule has 3 heteroatoms. The van der Waals surface area contributed by atoms with Crippen LogP contribution in [0.15, 0.2) is 48.5 Å². The van der Waals surface area contributed by atoms with Gasteiger partial charge in [0.2, 0.25) is 0 Å². The van der Waals surface area contributed by atoms with Crippen LogP contribution in [0.5, 0.6) is 5.75 Å². The van der Waals surface area contributed by atoms with Gasteiger partial charge in [-0.05, 0) is 55.8 Å². The van der Waals surface area contributed by atoms with Gasteiger partial charge in [0.15, 0.2) is 0 Å². The molecule has 0 aromatic heterocycles. The molecule has 1 unspecified atom stereocenters. The van der Waals surface area contributed by atoms with Crippen molar-refractivity contribution in [2.45, 2.75) is 19.9 Å². The lowest BCUT2D eigenvalue weighted by atomic mass is 10.1. The maximum absolute atomic E-state index is 5.47. The monoisotopic (exact) mass is 284 g/mol. The smallest absolute Gasteiger partial charge is 0.119 e. The van der Waals surface area contributed by atoms with Gasteiger partial charge < -0.3 is 15.0 Å². The molecule has 0 saturated carbocycles. The Morgan fingerprint density at radius 2 is 1.62 bits per heavy atom. The summed E-state index contributed by atoms with van der Waals surface area (Å²) in [6.45, 7) is 4.86. The van der Waals surface area contributed by atoms with Crippen molar-refractivity contribution in [2.24, 2.45) is 0 Å². The molecule has 2 rings (SSSR count). The summed E-state index contributed by atoms with van der Waals surface area (Å²) in [4.78, 5) is 2.10. The lowest BCUT2D eigenvalue weighted by Crippen LogP contribution is -2.09. The molecule has 1 atom stereocenters. The Labute approximate surface area is 127 Å². The second-order valence-corrected chi connectivity index (χ2v) is 5.31. The number of benzene rings is 2. The highest BCUT2D eigenvalue weighted by atomic mass is 16.5. The minimum atomic E-state index is 0.255. The van der Waals surface area contributed by atoms with Crippen molar-refractivity contribution in [3.8, 4) is 5.75 Å². The fourth-order valence-electron chi connectivity index (χ4n) is 2.21. The second-order valence-electron chi connectivity index (χ2n) is 5.31. The Balaban J connectivity index is 2.01. The van der Waals surface area contributed by atoms with Crippen LogP contribution in [-0.4, -0.2) is 20.7 Å². The number of hydrogen-bond donors (Lipinski definition) is 1. The van der Waals surface area contributed by atoms with Gasteiger partial charge in [0, 0.05) is 31.5 Å². The van der Waals surface area contributed by atoms with Crippen molar-refractivity contribution < 1.29 is 4.74 Å². The van der Waals surface area contributed by atoms with Gasteiger partial charge in [-0.1, -0.05) is 12.1 Å². The normalized spacial score (nSPS) is 11.8. The van der Waals surface area contributed by atoms with Crippen LogP contribution in [-0.2, 0) is 0 Å². The van der Waals surface area contributed by atoms with Crippen LogP contribution in [0.3, 0.4) is 0 Å². The molecule has 0 heterocycles. The van der Waals surface area contributed by atoms with Crippen molar-refractivity contribution in [3.05, 3.63) is 54.1 Å². The van der Waals surface area contributed by atoms with Crippen LogP contribution >= 0.6 is 0 Å². The number of hydrogen-bond acceptors (Lipinski definition) is 3. The highest BCUT2D eigenvalue weighted by Gasteiger charge is 2.06. The van der Waals surface area contributed by atoms with E-state index >= 15 is 0 Å². The van der Waals surface area contributed by atoms with Crippen LogP contribution in [0.25, 0.3) is 0 Å². The first-order chi connectivity index (χ1) is 10.1. The van der Waals surface area contributed by atoms with Gasteiger partial charge in [0.1, 0.15) is 5.75 Å². The molecule has 0 saturated heterocycles. The zero-order valence-electron chi connectivity index (χ0n) is 13.3. The molecule has 3 nitrogen and oxygen atoms in total. The number of nitrogens with zero attached hydrogens (tertiary/aromatic N) is 1. The van der Waals surface area contributed by atoms with E-state index in [-0.39, 0.29) is 6.04 Å². The van der Waals surface area contributed by atoms with Crippen LogP contribution < -0.4 is 15.0 Å². The predicted octanol–water partition coefficient (Wildman–Crippen LogP) is 4.32. The first kappa shape index (κ1) is 15.2. The number of ether oxygens (including phenoxy) is 1. The molecular weight excluding hydrogens is 260 g/mol. The molecule has 0 aliphatic rings. The van der Waals surface area contributed by atoms with Gasteiger partial charge in [-0.15, -0.1) is 0 Å². The standard InChI is InChI=1S/C18H24N2O/c1-5-21-18-12-6-15(7-13-18)14(2)19-16-8-10-17(11-9-16)20(3)4/h6-14,19H,5H2,1-4H3. The van der Waals surface area contributed by atoms with Gasteiger partial charge >= 0.3 is 0 Å². The van der Waals surface area contributed by atoms with Gasteiger partial charge in [-0.3, -0.25) is 0 Å². The van der Waals surface area contributed by atoms with Gasteiger partial charge in [-0.2, -0.15) is 0 Å². The number of nitrogens with one attached hydrogen (secondary N) is 1. The number of anilines is 2. The third-order valence-electron chi connectivity index (χ3n) is 3.46. The van der Waals surface area contributed by atoms with Crippen LogP contribution in [0.2, 0.25) is 0 Å². The summed E-state index contributed by atoms with van der Waals surface area (Å²) in [6.07, 6.45) is 0. The maximum atomic E-state index is 5.47. The summed E-state index contributed by atoms with van der Waals surface area (Å²) in [5.41, 5.74) is 3.58. The molecule has 0 radical (unpaired) electrons. The summed E-state index contributed by atoms with van der Waals surface area (Å²) in [7, 11) is 4.09. The van der Waals surface area contributed by atoms with Crippen molar-refractivity contribution in [3.63, 3.8) is 0 Å². The molecule has 112 valence electrons. The van der Waals surface area contributed by atoms with Crippen LogP contribution in [0.1, 0.15) is 25.5 Å². The first-order valence-corrected chi connectivity index (χ1v) is 7.37. The Hall–Kier alpha value is -2.16. The topological polar surface area (TPSA) is 24.5 Å². The Kier molecular flexibility index (Phi) is 5.09. The molecule has 21 heavy (non-hydrogen) atoms. The molecule has 0 bridgehead atoms. The Morgan fingerprint density at radius 1 is 1.00 bits per heavy atom. The first-order valence-electron chi connectivity index (χ1n) is 7.37. The van der Waals surface area contributed by atoms with Crippen molar-refractivity contribution in [1.29, 1.82) is 0 Å². The van der Waals surface area contributed by atoms with Crippen molar-refractivity contribution in [1.82, 2.24) is 0 Å². The summed E-state index contributed by atoms with van der Waals surface area (Å²) in [5, 5.41) is 3.52. The zero-order chi connectivity index (χ0) is 15.2.